The summed E-state index contributed by atoms with van der Waals surface area (Å²) < 4.78 is 29.5. The second kappa shape index (κ2) is 6.74. The number of para-hydroxylation sites is 1. The van der Waals surface area contributed by atoms with Crippen LogP contribution in [0.25, 0.3) is 0 Å². The predicted molar refractivity (Wildman–Crippen MR) is 68.8 cm³/mol. The Balaban J connectivity index is 0.000000180. The van der Waals surface area contributed by atoms with E-state index >= 15 is 0 Å². The zero-order valence-electron chi connectivity index (χ0n) is 10.7. The average molecular weight is 250 g/mol. The van der Waals surface area contributed by atoms with Crippen molar-refractivity contribution in [2.45, 2.75) is 13.8 Å². The van der Waals surface area contributed by atoms with Gasteiger partial charge in [0, 0.05) is 6.07 Å². The normalized spacial score (nSPS) is 9.39. The maximum absolute atomic E-state index is 12.3. The van der Waals surface area contributed by atoms with Crippen molar-refractivity contribution in [1.82, 2.24) is 0 Å². The molecule has 1 nitrogen and oxygen atoms in total. The third-order valence-electron chi connectivity index (χ3n) is 2.45. The monoisotopic (exact) mass is 250 g/mol. The standard InChI is InChI=1S/C8H10O.C7H6F2/c1-7-5-3-4-6-8(7)9-2;1-5-2-3-6(8)4-7(5)9/h3-6H,1-2H3;2-4H,1H3. The first-order chi connectivity index (χ1) is 8.54. The van der Waals surface area contributed by atoms with E-state index in [9.17, 15) is 8.78 Å². The molecule has 2 rings (SSSR count). The van der Waals surface area contributed by atoms with Gasteiger partial charge >= 0.3 is 0 Å². The number of hydrogen-bond acceptors (Lipinski definition) is 1. The van der Waals surface area contributed by atoms with Crippen molar-refractivity contribution in [1.29, 1.82) is 0 Å². The lowest BCUT2D eigenvalue weighted by atomic mass is 10.2. The first-order valence-electron chi connectivity index (χ1n) is 5.56. The molecule has 18 heavy (non-hydrogen) atoms. The molecule has 0 unspecified atom stereocenters. The fourth-order valence-corrected chi connectivity index (χ4v) is 1.35. The molecule has 0 saturated carbocycles. The Morgan fingerprint density at radius 2 is 1.56 bits per heavy atom. The number of rotatable bonds is 1. The smallest absolute Gasteiger partial charge is 0.129 e. The summed E-state index contributed by atoms with van der Waals surface area (Å²) in [5, 5.41) is 0. The van der Waals surface area contributed by atoms with Crippen molar-refractivity contribution in [2.24, 2.45) is 0 Å². The molecule has 0 aliphatic heterocycles. The van der Waals surface area contributed by atoms with E-state index in [0.717, 1.165) is 11.8 Å². The maximum atomic E-state index is 12.3. The minimum absolute atomic E-state index is 0.469. The number of hydrogen-bond donors (Lipinski definition) is 0. The summed E-state index contributed by atoms with van der Waals surface area (Å²) in [5.41, 5.74) is 1.65. The molecule has 0 bridgehead atoms. The lowest BCUT2D eigenvalue weighted by Gasteiger charge is -2.00. The molecule has 0 fully saturated rings. The summed E-state index contributed by atoms with van der Waals surface area (Å²) in [6.45, 7) is 3.62. The molecule has 0 aromatic heterocycles. The molecule has 0 saturated heterocycles. The van der Waals surface area contributed by atoms with Gasteiger partial charge in [0.1, 0.15) is 17.4 Å². The molecular weight excluding hydrogens is 234 g/mol. The van der Waals surface area contributed by atoms with Crippen LogP contribution in [0.5, 0.6) is 5.75 Å². The van der Waals surface area contributed by atoms with Gasteiger partial charge in [-0.25, -0.2) is 8.78 Å². The van der Waals surface area contributed by atoms with Gasteiger partial charge in [0.05, 0.1) is 7.11 Å². The van der Waals surface area contributed by atoms with Crippen LogP contribution >= 0.6 is 0 Å². The molecule has 0 heterocycles. The Hall–Kier alpha value is -1.90. The molecule has 0 radical (unpaired) electrons. The molecule has 3 heteroatoms. The average Bonchev–Trinajstić information content (AvgIpc) is 2.36. The Kier molecular flexibility index (Phi) is 5.31. The maximum Gasteiger partial charge on any atom is 0.129 e. The van der Waals surface area contributed by atoms with Gasteiger partial charge in [0.2, 0.25) is 0 Å². The molecule has 0 aliphatic rings. The zero-order chi connectivity index (χ0) is 13.5. The van der Waals surface area contributed by atoms with Gasteiger partial charge in [0.15, 0.2) is 0 Å². The van der Waals surface area contributed by atoms with Crippen LogP contribution in [-0.2, 0) is 0 Å². The van der Waals surface area contributed by atoms with Crippen LogP contribution in [0.3, 0.4) is 0 Å². The fraction of sp³-hybridized carbons (Fsp3) is 0.200. The first kappa shape index (κ1) is 14.2. The van der Waals surface area contributed by atoms with Crippen LogP contribution in [0.4, 0.5) is 8.78 Å². The van der Waals surface area contributed by atoms with Gasteiger partial charge in [0.25, 0.3) is 0 Å². The molecule has 0 atom stereocenters. The summed E-state index contributed by atoms with van der Waals surface area (Å²) in [7, 11) is 1.68. The second-order valence-corrected chi connectivity index (χ2v) is 3.86. The van der Waals surface area contributed by atoms with Crippen molar-refractivity contribution in [3.05, 3.63) is 65.2 Å². The summed E-state index contributed by atoms with van der Waals surface area (Å²) in [6.07, 6.45) is 0. The molecule has 2 aromatic carbocycles. The quantitative estimate of drug-likeness (QED) is 0.734. The summed E-state index contributed by atoms with van der Waals surface area (Å²) in [6, 6.07) is 11.5. The van der Waals surface area contributed by atoms with Crippen molar-refractivity contribution in [2.75, 3.05) is 7.11 Å². The van der Waals surface area contributed by atoms with Crippen LogP contribution in [0.2, 0.25) is 0 Å². The SMILES string of the molecule is COc1ccccc1C.Cc1ccc(F)cc1F. The van der Waals surface area contributed by atoms with Gasteiger partial charge in [-0.3, -0.25) is 0 Å². The number of methoxy groups -OCH3 is 1. The third kappa shape index (κ3) is 4.17. The van der Waals surface area contributed by atoms with Crippen LogP contribution in [0.15, 0.2) is 42.5 Å². The second-order valence-electron chi connectivity index (χ2n) is 3.86. The van der Waals surface area contributed by atoms with Crippen molar-refractivity contribution < 1.29 is 13.5 Å². The van der Waals surface area contributed by atoms with E-state index in [1.807, 2.05) is 31.2 Å². The van der Waals surface area contributed by atoms with Crippen LogP contribution < -0.4 is 4.74 Å². The number of ether oxygens (including phenoxy) is 1. The Labute approximate surface area is 106 Å². The number of aryl methyl sites for hydroxylation is 2. The highest BCUT2D eigenvalue weighted by Crippen LogP contribution is 2.14. The first-order valence-corrected chi connectivity index (χ1v) is 5.56. The van der Waals surface area contributed by atoms with Gasteiger partial charge in [-0.15, -0.1) is 0 Å². The molecule has 0 amide bonds. The lowest BCUT2D eigenvalue weighted by Crippen LogP contribution is -1.84. The largest absolute Gasteiger partial charge is 0.496 e. The molecule has 0 aliphatic carbocycles. The van der Waals surface area contributed by atoms with E-state index in [0.29, 0.717) is 5.56 Å². The minimum atomic E-state index is -0.530. The van der Waals surface area contributed by atoms with E-state index in [2.05, 4.69) is 0 Å². The minimum Gasteiger partial charge on any atom is -0.496 e. The van der Waals surface area contributed by atoms with E-state index < -0.39 is 11.6 Å². The van der Waals surface area contributed by atoms with Crippen molar-refractivity contribution >= 4 is 0 Å². The van der Waals surface area contributed by atoms with Crippen LogP contribution in [-0.4, -0.2) is 7.11 Å². The lowest BCUT2D eigenvalue weighted by molar-refractivity contribution is 0.411. The highest BCUT2D eigenvalue weighted by molar-refractivity contribution is 5.31. The molecular formula is C15H16F2O. The Morgan fingerprint density at radius 1 is 0.889 bits per heavy atom. The third-order valence-corrected chi connectivity index (χ3v) is 2.45. The predicted octanol–water partition coefficient (Wildman–Crippen LogP) is 4.28. The number of benzene rings is 2. The fourth-order valence-electron chi connectivity index (χ4n) is 1.35. The topological polar surface area (TPSA) is 9.23 Å². The highest BCUT2D eigenvalue weighted by Gasteiger charge is 1.95. The molecule has 0 N–H and O–H groups in total. The van der Waals surface area contributed by atoms with Gasteiger partial charge in [-0.1, -0.05) is 24.3 Å². The van der Waals surface area contributed by atoms with E-state index in [1.165, 1.54) is 17.7 Å². The van der Waals surface area contributed by atoms with Crippen molar-refractivity contribution in [3.63, 3.8) is 0 Å². The Bertz CT molecular complexity index is 510. The molecule has 0 spiro atoms. The van der Waals surface area contributed by atoms with E-state index in [4.69, 9.17) is 4.74 Å². The molecule has 96 valence electrons. The van der Waals surface area contributed by atoms with Gasteiger partial charge < -0.3 is 4.74 Å². The van der Waals surface area contributed by atoms with E-state index in [-0.39, 0.29) is 0 Å². The highest BCUT2D eigenvalue weighted by atomic mass is 19.1. The van der Waals surface area contributed by atoms with Gasteiger partial charge in [-0.2, -0.15) is 0 Å². The summed E-state index contributed by atoms with van der Waals surface area (Å²) in [4.78, 5) is 0. The Morgan fingerprint density at radius 3 is 2.00 bits per heavy atom. The zero-order valence-corrected chi connectivity index (χ0v) is 10.7. The van der Waals surface area contributed by atoms with Crippen LogP contribution in [0.1, 0.15) is 11.1 Å². The van der Waals surface area contributed by atoms with Crippen LogP contribution in [0, 0.1) is 25.5 Å². The summed E-state index contributed by atoms with van der Waals surface area (Å²) in [5.74, 6) is -0.0643. The molecule has 2 aromatic rings. The van der Waals surface area contributed by atoms with Crippen molar-refractivity contribution in [3.8, 4) is 5.75 Å². The number of halogens is 2. The summed E-state index contributed by atoms with van der Waals surface area (Å²) >= 11 is 0. The van der Waals surface area contributed by atoms with E-state index in [1.54, 1.807) is 14.0 Å². The van der Waals surface area contributed by atoms with Gasteiger partial charge in [-0.05, 0) is 37.1 Å².